The van der Waals surface area contributed by atoms with Crippen LogP contribution in [-0.2, 0) is 9.59 Å². The molecule has 1 saturated heterocycles. The van der Waals surface area contributed by atoms with Crippen molar-refractivity contribution in [3.8, 4) is 0 Å². The Bertz CT molecular complexity index is 529. The van der Waals surface area contributed by atoms with E-state index in [-0.39, 0.29) is 18.4 Å². The monoisotopic (exact) mass is 286 g/mol. The van der Waals surface area contributed by atoms with E-state index in [9.17, 15) is 9.59 Å². The molecule has 1 aromatic carbocycles. The molecule has 1 aromatic rings. The first-order chi connectivity index (χ1) is 10.1. The van der Waals surface area contributed by atoms with Crippen molar-refractivity contribution in [2.24, 2.45) is 11.8 Å². The van der Waals surface area contributed by atoms with Gasteiger partial charge in [0.2, 0.25) is 11.8 Å². The smallest absolute Gasteiger partial charge is 0.250 e. The molecule has 0 radical (unpaired) electrons. The zero-order valence-corrected chi connectivity index (χ0v) is 12.4. The molecule has 0 spiro atoms. The highest BCUT2D eigenvalue weighted by molar-refractivity contribution is 5.95. The molecule has 21 heavy (non-hydrogen) atoms. The van der Waals surface area contributed by atoms with Crippen molar-refractivity contribution in [3.63, 3.8) is 0 Å². The van der Waals surface area contributed by atoms with E-state index in [1.54, 1.807) is 4.90 Å². The molecule has 0 aromatic heterocycles. The summed E-state index contributed by atoms with van der Waals surface area (Å²) in [6.07, 6.45) is 3.64. The van der Waals surface area contributed by atoms with Gasteiger partial charge in [0, 0.05) is 6.54 Å². The first kappa shape index (κ1) is 14.1. The third-order valence-corrected chi connectivity index (χ3v) is 4.83. The molecule has 1 aliphatic carbocycles. The van der Waals surface area contributed by atoms with Crippen LogP contribution in [0.15, 0.2) is 30.3 Å². The van der Waals surface area contributed by atoms with Gasteiger partial charge in [-0.05, 0) is 23.8 Å². The summed E-state index contributed by atoms with van der Waals surface area (Å²) in [5.74, 6) is 1.16. The third-order valence-electron chi connectivity index (χ3n) is 4.83. The number of benzene rings is 1. The number of hydrogen-bond acceptors (Lipinski definition) is 2. The predicted octanol–water partition coefficient (Wildman–Crippen LogP) is 2.12. The fraction of sp³-hybridized carbons (Fsp3) is 0.529. The summed E-state index contributed by atoms with van der Waals surface area (Å²) in [5, 5.41) is 2.82. The molecule has 4 nitrogen and oxygen atoms in total. The second-order valence-electron chi connectivity index (χ2n) is 6.30. The highest BCUT2D eigenvalue weighted by Crippen LogP contribution is 2.32. The van der Waals surface area contributed by atoms with Crippen molar-refractivity contribution >= 4 is 11.8 Å². The number of amides is 2. The zero-order chi connectivity index (χ0) is 14.8. The third kappa shape index (κ3) is 2.94. The van der Waals surface area contributed by atoms with Crippen LogP contribution in [0, 0.1) is 11.8 Å². The molecule has 3 rings (SSSR count). The van der Waals surface area contributed by atoms with Gasteiger partial charge in [-0.1, -0.05) is 50.1 Å². The molecule has 2 amide bonds. The van der Waals surface area contributed by atoms with Crippen molar-refractivity contribution < 1.29 is 9.59 Å². The van der Waals surface area contributed by atoms with Crippen molar-refractivity contribution in [2.75, 3.05) is 13.1 Å². The number of nitrogens with one attached hydrogen (secondary N) is 1. The maximum atomic E-state index is 12.7. The van der Waals surface area contributed by atoms with Crippen molar-refractivity contribution in [2.45, 2.75) is 32.2 Å². The molecule has 1 N–H and O–H groups in total. The number of rotatable bonds is 3. The average molecular weight is 286 g/mol. The number of carbonyl (C=O) groups excluding carboxylic acids is 2. The molecule has 2 aliphatic rings. The molecule has 1 aliphatic heterocycles. The summed E-state index contributed by atoms with van der Waals surface area (Å²) in [6, 6.07) is 8.97. The molecular formula is C17H22N2O2. The van der Waals surface area contributed by atoms with Crippen LogP contribution < -0.4 is 5.32 Å². The molecule has 0 bridgehead atoms. The Morgan fingerprint density at radius 2 is 1.95 bits per heavy atom. The highest BCUT2D eigenvalue weighted by atomic mass is 16.2. The van der Waals surface area contributed by atoms with E-state index >= 15 is 0 Å². The minimum atomic E-state index is -0.524. The quantitative estimate of drug-likeness (QED) is 0.925. The Kier molecular flexibility index (Phi) is 3.95. The van der Waals surface area contributed by atoms with E-state index < -0.39 is 6.04 Å². The predicted molar refractivity (Wildman–Crippen MR) is 80.4 cm³/mol. The number of nitrogens with zero attached hydrogens (tertiary/aromatic N) is 1. The Balaban J connectivity index is 1.75. The van der Waals surface area contributed by atoms with Crippen LogP contribution in [0.1, 0.15) is 37.8 Å². The Labute approximate surface area is 125 Å². The SMILES string of the molecule is CC1CCCC1CN1CC(=O)NC(c2ccccc2)C1=O. The average Bonchev–Trinajstić information content (AvgIpc) is 2.89. The summed E-state index contributed by atoms with van der Waals surface area (Å²) in [6.45, 7) is 3.17. The van der Waals surface area contributed by atoms with E-state index in [1.807, 2.05) is 30.3 Å². The van der Waals surface area contributed by atoms with Crippen LogP contribution in [0.3, 0.4) is 0 Å². The van der Waals surface area contributed by atoms with Crippen LogP contribution in [0.2, 0.25) is 0 Å². The topological polar surface area (TPSA) is 49.4 Å². The van der Waals surface area contributed by atoms with Crippen LogP contribution >= 0.6 is 0 Å². The van der Waals surface area contributed by atoms with E-state index in [1.165, 1.54) is 19.3 Å². The summed E-state index contributed by atoms with van der Waals surface area (Å²) < 4.78 is 0. The maximum absolute atomic E-state index is 12.7. The Morgan fingerprint density at radius 3 is 2.62 bits per heavy atom. The highest BCUT2D eigenvalue weighted by Gasteiger charge is 2.36. The minimum absolute atomic E-state index is 0.0277. The summed E-state index contributed by atoms with van der Waals surface area (Å²) >= 11 is 0. The van der Waals surface area contributed by atoms with Gasteiger partial charge in [-0.25, -0.2) is 0 Å². The lowest BCUT2D eigenvalue weighted by Gasteiger charge is -2.35. The lowest BCUT2D eigenvalue weighted by atomic mass is 9.96. The van der Waals surface area contributed by atoms with Gasteiger partial charge >= 0.3 is 0 Å². The van der Waals surface area contributed by atoms with Gasteiger partial charge in [-0.2, -0.15) is 0 Å². The molecule has 2 fully saturated rings. The number of piperazine rings is 1. The summed E-state index contributed by atoms with van der Waals surface area (Å²) in [4.78, 5) is 26.4. The fourth-order valence-corrected chi connectivity index (χ4v) is 3.50. The normalized spacial score (nSPS) is 29.6. The van der Waals surface area contributed by atoms with Gasteiger partial charge in [0.05, 0.1) is 6.54 Å². The number of hydrogen-bond donors (Lipinski definition) is 1. The van der Waals surface area contributed by atoms with Crippen molar-refractivity contribution in [3.05, 3.63) is 35.9 Å². The summed E-state index contributed by atoms with van der Waals surface area (Å²) in [7, 11) is 0. The van der Waals surface area contributed by atoms with Gasteiger partial charge in [0.15, 0.2) is 0 Å². The molecular weight excluding hydrogens is 264 g/mol. The van der Waals surface area contributed by atoms with Crippen LogP contribution in [0.4, 0.5) is 0 Å². The Morgan fingerprint density at radius 1 is 1.19 bits per heavy atom. The van der Waals surface area contributed by atoms with Gasteiger partial charge < -0.3 is 10.2 Å². The molecule has 3 unspecified atom stereocenters. The maximum Gasteiger partial charge on any atom is 0.250 e. The van der Waals surface area contributed by atoms with Gasteiger partial charge in [0.1, 0.15) is 6.04 Å². The first-order valence-corrected chi connectivity index (χ1v) is 7.78. The van der Waals surface area contributed by atoms with Crippen LogP contribution in [0.5, 0.6) is 0 Å². The van der Waals surface area contributed by atoms with Crippen molar-refractivity contribution in [1.82, 2.24) is 10.2 Å². The van der Waals surface area contributed by atoms with Crippen LogP contribution in [-0.4, -0.2) is 29.8 Å². The van der Waals surface area contributed by atoms with E-state index in [2.05, 4.69) is 12.2 Å². The van der Waals surface area contributed by atoms with Gasteiger partial charge in [-0.15, -0.1) is 0 Å². The largest absolute Gasteiger partial charge is 0.339 e. The van der Waals surface area contributed by atoms with E-state index in [0.717, 1.165) is 12.1 Å². The second kappa shape index (κ2) is 5.88. The van der Waals surface area contributed by atoms with Crippen molar-refractivity contribution in [1.29, 1.82) is 0 Å². The standard InChI is InChI=1S/C17H22N2O2/c1-12-6-5-9-14(12)10-19-11-15(20)18-16(17(19)21)13-7-3-2-4-8-13/h2-4,7-8,12,14,16H,5-6,9-11H2,1H3,(H,18,20). The lowest BCUT2D eigenvalue weighted by Crippen LogP contribution is -2.54. The molecule has 3 atom stereocenters. The molecule has 1 heterocycles. The van der Waals surface area contributed by atoms with Crippen LogP contribution in [0.25, 0.3) is 0 Å². The fourth-order valence-electron chi connectivity index (χ4n) is 3.50. The number of carbonyl (C=O) groups is 2. The lowest BCUT2D eigenvalue weighted by molar-refractivity contribution is -0.145. The van der Waals surface area contributed by atoms with E-state index in [4.69, 9.17) is 0 Å². The van der Waals surface area contributed by atoms with Gasteiger partial charge in [0.25, 0.3) is 0 Å². The molecule has 4 heteroatoms. The summed E-state index contributed by atoms with van der Waals surface area (Å²) in [5.41, 5.74) is 0.861. The minimum Gasteiger partial charge on any atom is -0.339 e. The zero-order valence-electron chi connectivity index (χ0n) is 12.4. The van der Waals surface area contributed by atoms with E-state index in [0.29, 0.717) is 11.8 Å². The second-order valence-corrected chi connectivity index (χ2v) is 6.30. The molecule has 1 saturated carbocycles. The Hall–Kier alpha value is -1.84. The first-order valence-electron chi connectivity index (χ1n) is 7.78. The van der Waals surface area contributed by atoms with Gasteiger partial charge in [-0.3, -0.25) is 9.59 Å². The molecule has 112 valence electrons.